The first-order chi connectivity index (χ1) is 8.82. The Morgan fingerprint density at radius 3 is 2.53 bits per heavy atom. The van der Waals surface area contributed by atoms with E-state index in [1.54, 1.807) is 6.92 Å². The van der Waals surface area contributed by atoms with E-state index in [1.165, 1.54) is 6.20 Å². The Morgan fingerprint density at radius 2 is 2.00 bits per heavy atom. The fraction of sp³-hybridized carbons (Fsp3) is 0.333. The number of nitrogens with zero attached hydrogens (tertiary/aromatic N) is 3. The molecule has 2 N–H and O–H groups in total. The van der Waals surface area contributed by atoms with Crippen LogP contribution in [0, 0.1) is 13.8 Å². The highest BCUT2D eigenvalue weighted by Crippen LogP contribution is 2.28. The van der Waals surface area contributed by atoms with E-state index >= 15 is 0 Å². The summed E-state index contributed by atoms with van der Waals surface area (Å²) in [7, 11) is 0. The van der Waals surface area contributed by atoms with Crippen LogP contribution in [0.4, 0.5) is 13.2 Å². The third-order valence-corrected chi connectivity index (χ3v) is 2.75. The zero-order valence-corrected chi connectivity index (χ0v) is 10.5. The number of hydrogen-bond acceptors (Lipinski definition) is 3. The van der Waals surface area contributed by atoms with E-state index < -0.39 is 11.9 Å². The molecule has 0 aliphatic carbocycles. The molecule has 0 fully saturated rings. The Kier molecular flexibility index (Phi) is 3.32. The molecule has 0 amide bonds. The summed E-state index contributed by atoms with van der Waals surface area (Å²) in [4.78, 5) is 4.22. The van der Waals surface area contributed by atoms with Gasteiger partial charge in [0.05, 0.1) is 0 Å². The molecule has 0 bridgehead atoms. The van der Waals surface area contributed by atoms with Crippen molar-refractivity contribution < 1.29 is 13.2 Å². The largest absolute Gasteiger partial charge is 0.435 e. The lowest BCUT2D eigenvalue weighted by atomic mass is 10.1. The topological polar surface area (TPSA) is 56.7 Å². The van der Waals surface area contributed by atoms with Crippen molar-refractivity contribution in [3.05, 3.63) is 40.8 Å². The normalized spacial score (nSPS) is 11.9. The summed E-state index contributed by atoms with van der Waals surface area (Å²) in [6, 6.07) is 2.75. The average Bonchev–Trinajstić information content (AvgIpc) is 2.76. The smallest absolute Gasteiger partial charge is 0.326 e. The molecule has 7 heteroatoms. The van der Waals surface area contributed by atoms with Crippen molar-refractivity contribution in [2.75, 3.05) is 0 Å². The lowest BCUT2D eigenvalue weighted by molar-refractivity contribution is -0.141. The number of aromatic nitrogens is 3. The van der Waals surface area contributed by atoms with Gasteiger partial charge in [0.15, 0.2) is 11.5 Å². The predicted molar refractivity (Wildman–Crippen MR) is 63.7 cm³/mol. The van der Waals surface area contributed by atoms with Gasteiger partial charge in [-0.15, -0.1) is 0 Å². The second-order valence-electron chi connectivity index (χ2n) is 4.23. The first kappa shape index (κ1) is 13.5. The Balaban J connectivity index is 2.56. The van der Waals surface area contributed by atoms with Crippen molar-refractivity contribution >= 4 is 0 Å². The molecule has 2 aromatic rings. The number of halogens is 3. The molecule has 0 radical (unpaired) electrons. The molecule has 0 unspecified atom stereocenters. The van der Waals surface area contributed by atoms with Crippen molar-refractivity contribution in [3.8, 4) is 5.82 Å². The second-order valence-corrected chi connectivity index (χ2v) is 4.23. The molecule has 0 spiro atoms. The van der Waals surface area contributed by atoms with Crippen LogP contribution in [-0.2, 0) is 12.7 Å². The minimum atomic E-state index is -4.47. The van der Waals surface area contributed by atoms with Crippen molar-refractivity contribution in [2.24, 2.45) is 5.73 Å². The minimum absolute atomic E-state index is 0.190. The monoisotopic (exact) mass is 270 g/mol. The summed E-state index contributed by atoms with van der Waals surface area (Å²) in [5, 5.41) is 3.52. The molecule has 2 aromatic heterocycles. The molecular formula is C12H13F3N4. The standard InChI is InChI=1S/C12H13F3N4/c1-7-5-8(2)17-11(9(7)6-16)19-4-3-10(18-19)12(13,14)15/h3-5H,6,16H2,1-2H3. The molecule has 0 saturated heterocycles. The van der Waals surface area contributed by atoms with Gasteiger partial charge < -0.3 is 5.73 Å². The first-order valence-corrected chi connectivity index (χ1v) is 5.63. The molecule has 0 aliphatic rings. The molecule has 102 valence electrons. The van der Waals surface area contributed by atoms with Crippen LogP contribution in [0.5, 0.6) is 0 Å². The average molecular weight is 270 g/mol. The van der Waals surface area contributed by atoms with E-state index in [0.717, 1.165) is 16.3 Å². The Labute approximate surface area is 108 Å². The number of alkyl halides is 3. The van der Waals surface area contributed by atoms with Crippen LogP contribution in [0.25, 0.3) is 5.82 Å². The van der Waals surface area contributed by atoms with E-state index in [0.29, 0.717) is 17.1 Å². The van der Waals surface area contributed by atoms with Gasteiger partial charge in [-0.3, -0.25) is 0 Å². The predicted octanol–water partition coefficient (Wildman–Crippen LogP) is 2.36. The molecule has 2 rings (SSSR count). The number of aryl methyl sites for hydroxylation is 2. The van der Waals surface area contributed by atoms with Crippen LogP contribution < -0.4 is 5.73 Å². The van der Waals surface area contributed by atoms with Gasteiger partial charge in [-0.1, -0.05) is 0 Å². The number of rotatable bonds is 2. The van der Waals surface area contributed by atoms with E-state index in [9.17, 15) is 13.2 Å². The highest BCUT2D eigenvalue weighted by atomic mass is 19.4. The van der Waals surface area contributed by atoms with Gasteiger partial charge in [0.25, 0.3) is 0 Å². The molecule has 4 nitrogen and oxygen atoms in total. The maximum Gasteiger partial charge on any atom is 0.435 e. The van der Waals surface area contributed by atoms with Crippen molar-refractivity contribution in [1.29, 1.82) is 0 Å². The van der Waals surface area contributed by atoms with Gasteiger partial charge in [-0.2, -0.15) is 18.3 Å². The quantitative estimate of drug-likeness (QED) is 0.911. The van der Waals surface area contributed by atoms with Gasteiger partial charge in [-0.25, -0.2) is 9.67 Å². The summed E-state index contributed by atoms with van der Waals surface area (Å²) < 4.78 is 38.7. The summed E-state index contributed by atoms with van der Waals surface area (Å²) in [5.41, 5.74) is 6.95. The molecule has 0 atom stereocenters. The van der Waals surface area contributed by atoms with Gasteiger partial charge in [0, 0.05) is 24.0 Å². The van der Waals surface area contributed by atoms with Crippen LogP contribution in [0.15, 0.2) is 18.3 Å². The second kappa shape index (κ2) is 4.65. The summed E-state index contributed by atoms with van der Waals surface area (Å²) in [6.45, 7) is 3.80. The lowest BCUT2D eigenvalue weighted by Crippen LogP contribution is -2.12. The molecule has 0 saturated carbocycles. The van der Waals surface area contributed by atoms with Crippen molar-refractivity contribution in [1.82, 2.24) is 14.8 Å². The van der Waals surface area contributed by atoms with E-state index in [2.05, 4.69) is 10.1 Å². The fourth-order valence-corrected chi connectivity index (χ4v) is 1.88. The third-order valence-electron chi connectivity index (χ3n) is 2.75. The van der Waals surface area contributed by atoms with Gasteiger partial charge >= 0.3 is 6.18 Å². The highest BCUT2D eigenvalue weighted by Gasteiger charge is 2.33. The van der Waals surface area contributed by atoms with Crippen LogP contribution >= 0.6 is 0 Å². The minimum Gasteiger partial charge on any atom is -0.326 e. The van der Waals surface area contributed by atoms with Crippen LogP contribution in [0.1, 0.15) is 22.5 Å². The van der Waals surface area contributed by atoms with Gasteiger partial charge in [0.2, 0.25) is 0 Å². The fourth-order valence-electron chi connectivity index (χ4n) is 1.88. The molecular weight excluding hydrogens is 257 g/mol. The van der Waals surface area contributed by atoms with Gasteiger partial charge in [0.1, 0.15) is 0 Å². The first-order valence-electron chi connectivity index (χ1n) is 5.63. The van der Waals surface area contributed by atoms with E-state index in [4.69, 9.17) is 5.73 Å². The summed E-state index contributed by atoms with van der Waals surface area (Å²) in [5.74, 6) is 0.343. The molecule has 0 aromatic carbocycles. The van der Waals surface area contributed by atoms with E-state index in [1.807, 2.05) is 13.0 Å². The molecule has 0 aliphatic heterocycles. The van der Waals surface area contributed by atoms with Crippen LogP contribution in [0.2, 0.25) is 0 Å². The third kappa shape index (κ3) is 2.60. The number of pyridine rings is 1. The van der Waals surface area contributed by atoms with Crippen LogP contribution in [-0.4, -0.2) is 14.8 Å². The number of nitrogens with two attached hydrogens (primary N) is 1. The summed E-state index contributed by atoms with van der Waals surface area (Å²) in [6.07, 6.45) is -3.23. The van der Waals surface area contributed by atoms with E-state index in [-0.39, 0.29) is 6.54 Å². The van der Waals surface area contributed by atoms with Crippen LogP contribution in [0.3, 0.4) is 0 Å². The number of hydrogen-bond donors (Lipinski definition) is 1. The Bertz CT molecular complexity index is 602. The highest BCUT2D eigenvalue weighted by molar-refractivity contribution is 5.40. The Hall–Kier alpha value is -1.89. The molecule has 19 heavy (non-hydrogen) atoms. The van der Waals surface area contributed by atoms with Crippen molar-refractivity contribution in [3.63, 3.8) is 0 Å². The zero-order chi connectivity index (χ0) is 14.2. The summed E-state index contributed by atoms with van der Waals surface area (Å²) >= 11 is 0. The Morgan fingerprint density at radius 1 is 1.32 bits per heavy atom. The maximum atomic E-state index is 12.5. The SMILES string of the molecule is Cc1cc(C)c(CN)c(-n2ccc(C(F)(F)F)n2)n1. The lowest BCUT2D eigenvalue weighted by Gasteiger charge is -2.11. The van der Waals surface area contributed by atoms with Gasteiger partial charge in [-0.05, 0) is 31.5 Å². The zero-order valence-electron chi connectivity index (χ0n) is 10.5. The van der Waals surface area contributed by atoms with Crippen molar-refractivity contribution in [2.45, 2.75) is 26.6 Å². The molecule has 2 heterocycles. The maximum absolute atomic E-state index is 12.5.